The van der Waals surface area contributed by atoms with E-state index in [1.807, 2.05) is 24.3 Å². The summed E-state index contributed by atoms with van der Waals surface area (Å²) in [4.78, 5) is 28.6. The SMILES string of the molecule is COc1ccc(C(=O)NCC(=O)N2CCN(c3ccccc3OC)CC2)cc1. The summed E-state index contributed by atoms with van der Waals surface area (Å²) in [5, 5.41) is 2.69. The van der Waals surface area contributed by atoms with Crippen LogP contribution in [0, 0.1) is 0 Å². The first-order valence-electron chi connectivity index (χ1n) is 9.20. The predicted molar refractivity (Wildman–Crippen MR) is 107 cm³/mol. The molecule has 7 heteroatoms. The van der Waals surface area contributed by atoms with E-state index in [1.165, 1.54) is 0 Å². The molecule has 0 bridgehead atoms. The maximum atomic E-state index is 12.4. The predicted octanol–water partition coefficient (Wildman–Crippen LogP) is 1.78. The fourth-order valence-electron chi connectivity index (χ4n) is 3.20. The summed E-state index contributed by atoms with van der Waals surface area (Å²) in [6.07, 6.45) is 0. The summed E-state index contributed by atoms with van der Waals surface area (Å²) in [6, 6.07) is 14.6. The summed E-state index contributed by atoms with van der Waals surface area (Å²) in [7, 11) is 3.23. The summed E-state index contributed by atoms with van der Waals surface area (Å²) in [5.74, 6) is 1.15. The summed E-state index contributed by atoms with van der Waals surface area (Å²) >= 11 is 0. The molecule has 0 radical (unpaired) electrons. The van der Waals surface area contributed by atoms with Crippen LogP contribution in [0.5, 0.6) is 11.5 Å². The second kappa shape index (κ2) is 9.12. The molecule has 1 fully saturated rings. The van der Waals surface area contributed by atoms with Gasteiger partial charge < -0.3 is 24.6 Å². The number of piperazine rings is 1. The molecule has 1 saturated heterocycles. The van der Waals surface area contributed by atoms with Crippen LogP contribution in [0.4, 0.5) is 5.69 Å². The average Bonchev–Trinajstić information content (AvgIpc) is 2.77. The Morgan fingerprint density at radius 1 is 0.929 bits per heavy atom. The molecule has 2 amide bonds. The van der Waals surface area contributed by atoms with Crippen molar-refractivity contribution in [2.24, 2.45) is 0 Å². The molecule has 0 spiro atoms. The molecule has 0 unspecified atom stereocenters. The Kier molecular flexibility index (Phi) is 6.37. The maximum Gasteiger partial charge on any atom is 0.251 e. The van der Waals surface area contributed by atoms with Gasteiger partial charge in [0.2, 0.25) is 5.91 Å². The third-order valence-electron chi connectivity index (χ3n) is 4.81. The van der Waals surface area contributed by atoms with Crippen LogP contribution in [0.15, 0.2) is 48.5 Å². The zero-order valence-electron chi connectivity index (χ0n) is 16.2. The molecule has 2 aromatic carbocycles. The Morgan fingerprint density at radius 2 is 1.61 bits per heavy atom. The lowest BCUT2D eigenvalue weighted by Gasteiger charge is -2.36. The van der Waals surface area contributed by atoms with E-state index in [4.69, 9.17) is 9.47 Å². The molecule has 0 saturated carbocycles. The number of methoxy groups -OCH3 is 2. The van der Waals surface area contributed by atoms with Crippen LogP contribution in [0.3, 0.4) is 0 Å². The van der Waals surface area contributed by atoms with E-state index in [9.17, 15) is 9.59 Å². The minimum Gasteiger partial charge on any atom is -0.497 e. The smallest absolute Gasteiger partial charge is 0.251 e. The number of anilines is 1. The first-order valence-corrected chi connectivity index (χ1v) is 9.20. The van der Waals surface area contributed by atoms with Gasteiger partial charge in [0, 0.05) is 31.7 Å². The molecule has 3 rings (SSSR count). The highest BCUT2D eigenvalue weighted by Gasteiger charge is 2.23. The normalized spacial score (nSPS) is 13.8. The van der Waals surface area contributed by atoms with Crippen molar-refractivity contribution in [2.75, 3.05) is 51.8 Å². The molecular weight excluding hydrogens is 358 g/mol. The number of para-hydroxylation sites is 2. The van der Waals surface area contributed by atoms with Crippen molar-refractivity contribution in [1.29, 1.82) is 0 Å². The van der Waals surface area contributed by atoms with E-state index >= 15 is 0 Å². The number of nitrogens with zero attached hydrogens (tertiary/aromatic N) is 2. The first-order chi connectivity index (χ1) is 13.6. The van der Waals surface area contributed by atoms with Gasteiger partial charge in [0.1, 0.15) is 11.5 Å². The number of benzene rings is 2. The van der Waals surface area contributed by atoms with Gasteiger partial charge in [-0.25, -0.2) is 0 Å². The quantitative estimate of drug-likeness (QED) is 0.823. The number of rotatable bonds is 6. The highest BCUT2D eigenvalue weighted by atomic mass is 16.5. The third kappa shape index (κ3) is 4.54. The van der Waals surface area contributed by atoms with Crippen molar-refractivity contribution >= 4 is 17.5 Å². The topological polar surface area (TPSA) is 71.1 Å². The molecule has 7 nitrogen and oxygen atoms in total. The van der Waals surface area contributed by atoms with Gasteiger partial charge in [0.25, 0.3) is 5.91 Å². The Morgan fingerprint density at radius 3 is 2.25 bits per heavy atom. The van der Waals surface area contributed by atoms with E-state index in [0.29, 0.717) is 24.4 Å². The number of amides is 2. The van der Waals surface area contributed by atoms with Gasteiger partial charge in [0.05, 0.1) is 26.5 Å². The van der Waals surface area contributed by atoms with Gasteiger partial charge in [-0.3, -0.25) is 9.59 Å². The molecule has 1 aliphatic heterocycles. The van der Waals surface area contributed by atoms with Crippen LogP contribution in [0.2, 0.25) is 0 Å². The molecule has 1 aliphatic rings. The van der Waals surface area contributed by atoms with Crippen molar-refractivity contribution in [3.8, 4) is 11.5 Å². The lowest BCUT2D eigenvalue weighted by Crippen LogP contribution is -2.51. The average molecular weight is 383 g/mol. The lowest BCUT2D eigenvalue weighted by atomic mass is 10.2. The van der Waals surface area contributed by atoms with Crippen molar-refractivity contribution in [3.63, 3.8) is 0 Å². The van der Waals surface area contributed by atoms with Gasteiger partial charge in [-0.15, -0.1) is 0 Å². The van der Waals surface area contributed by atoms with E-state index in [1.54, 1.807) is 43.4 Å². The van der Waals surface area contributed by atoms with Crippen molar-refractivity contribution in [3.05, 3.63) is 54.1 Å². The van der Waals surface area contributed by atoms with Gasteiger partial charge >= 0.3 is 0 Å². The largest absolute Gasteiger partial charge is 0.497 e. The monoisotopic (exact) mass is 383 g/mol. The second-order valence-electron chi connectivity index (χ2n) is 6.45. The highest BCUT2D eigenvalue weighted by Crippen LogP contribution is 2.28. The maximum absolute atomic E-state index is 12.4. The van der Waals surface area contributed by atoms with Gasteiger partial charge in [-0.05, 0) is 36.4 Å². The fourth-order valence-corrected chi connectivity index (χ4v) is 3.20. The number of nitrogens with one attached hydrogen (secondary N) is 1. The number of carbonyl (C=O) groups excluding carboxylic acids is 2. The third-order valence-corrected chi connectivity index (χ3v) is 4.81. The van der Waals surface area contributed by atoms with Gasteiger partial charge in [-0.2, -0.15) is 0 Å². The minimum absolute atomic E-state index is 0.0144. The van der Waals surface area contributed by atoms with E-state index < -0.39 is 0 Å². The number of carbonyl (C=O) groups is 2. The van der Waals surface area contributed by atoms with Crippen LogP contribution >= 0.6 is 0 Å². The van der Waals surface area contributed by atoms with E-state index in [0.717, 1.165) is 24.5 Å². The lowest BCUT2D eigenvalue weighted by molar-refractivity contribution is -0.130. The van der Waals surface area contributed by atoms with Crippen LogP contribution in [-0.2, 0) is 4.79 Å². The number of ether oxygens (including phenoxy) is 2. The second-order valence-corrected chi connectivity index (χ2v) is 6.45. The first kappa shape index (κ1) is 19.5. The Hall–Kier alpha value is -3.22. The number of hydrogen-bond donors (Lipinski definition) is 1. The minimum atomic E-state index is -0.274. The fraction of sp³-hybridized carbons (Fsp3) is 0.333. The zero-order valence-corrected chi connectivity index (χ0v) is 16.2. The molecule has 148 valence electrons. The van der Waals surface area contributed by atoms with Gasteiger partial charge in [0.15, 0.2) is 0 Å². The van der Waals surface area contributed by atoms with Crippen LogP contribution in [0.25, 0.3) is 0 Å². The Labute approximate surface area is 164 Å². The Balaban J connectivity index is 1.49. The van der Waals surface area contributed by atoms with Crippen molar-refractivity contribution < 1.29 is 19.1 Å². The van der Waals surface area contributed by atoms with Gasteiger partial charge in [-0.1, -0.05) is 12.1 Å². The van der Waals surface area contributed by atoms with E-state index in [2.05, 4.69) is 10.2 Å². The van der Waals surface area contributed by atoms with Crippen molar-refractivity contribution in [1.82, 2.24) is 10.2 Å². The molecule has 1 N–H and O–H groups in total. The van der Waals surface area contributed by atoms with Crippen molar-refractivity contribution in [2.45, 2.75) is 0 Å². The molecule has 28 heavy (non-hydrogen) atoms. The van der Waals surface area contributed by atoms with Crippen LogP contribution in [0.1, 0.15) is 10.4 Å². The summed E-state index contributed by atoms with van der Waals surface area (Å²) in [5.41, 5.74) is 1.53. The van der Waals surface area contributed by atoms with Crippen LogP contribution in [-0.4, -0.2) is 63.7 Å². The van der Waals surface area contributed by atoms with E-state index in [-0.39, 0.29) is 18.4 Å². The highest BCUT2D eigenvalue weighted by molar-refractivity contribution is 5.96. The standard InChI is InChI=1S/C21H25N3O4/c1-27-17-9-7-16(8-10-17)21(26)22-15-20(25)24-13-11-23(12-14-24)18-5-3-4-6-19(18)28-2/h3-10H,11-15H2,1-2H3,(H,22,26). The molecule has 0 aliphatic carbocycles. The summed E-state index contributed by atoms with van der Waals surface area (Å²) < 4.78 is 10.5. The molecule has 0 aromatic heterocycles. The summed E-state index contributed by atoms with van der Waals surface area (Å²) in [6.45, 7) is 2.64. The molecule has 1 heterocycles. The molecule has 2 aromatic rings. The molecule has 0 atom stereocenters. The van der Waals surface area contributed by atoms with Crippen LogP contribution < -0.4 is 19.7 Å². The zero-order chi connectivity index (χ0) is 19.9. The molecular formula is C21H25N3O4. The Bertz CT molecular complexity index is 815. The number of hydrogen-bond acceptors (Lipinski definition) is 5.